The number of hydrogen-bond acceptors (Lipinski definition) is 1. The van der Waals surface area contributed by atoms with Gasteiger partial charge in [-0.15, -0.1) is 0 Å². The van der Waals surface area contributed by atoms with Crippen LogP contribution in [0.3, 0.4) is 0 Å². The molecule has 2 aromatic carbocycles. The average molecular weight is 309 g/mol. The van der Waals surface area contributed by atoms with Crippen molar-refractivity contribution in [2.75, 3.05) is 0 Å². The van der Waals surface area contributed by atoms with E-state index in [0.717, 1.165) is 12.8 Å². The van der Waals surface area contributed by atoms with Crippen molar-refractivity contribution in [3.05, 3.63) is 71.3 Å². The van der Waals surface area contributed by atoms with Crippen LogP contribution in [0.25, 0.3) is 0 Å². The van der Waals surface area contributed by atoms with E-state index in [1.165, 1.54) is 16.7 Å². The Balaban J connectivity index is 1.87. The molecule has 0 aliphatic heterocycles. The molecule has 23 heavy (non-hydrogen) atoms. The Morgan fingerprint density at radius 1 is 0.957 bits per heavy atom. The molecule has 0 saturated heterocycles. The summed E-state index contributed by atoms with van der Waals surface area (Å²) in [4.78, 5) is 14.5. The van der Waals surface area contributed by atoms with E-state index in [1.54, 1.807) is 0 Å². The van der Waals surface area contributed by atoms with Gasteiger partial charge in [0.1, 0.15) is 0 Å². The molecule has 0 saturated carbocycles. The molecular weight excluding hydrogens is 282 g/mol. The summed E-state index contributed by atoms with van der Waals surface area (Å²) < 4.78 is 0. The van der Waals surface area contributed by atoms with Crippen LogP contribution in [0.5, 0.6) is 0 Å². The lowest BCUT2D eigenvalue weighted by Crippen LogP contribution is -2.36. The quantitative estimate of drug-likeness (QED) is 0.722. The van der Waals surface area contributed by atoms with Gasteiger partial charge in [-0.3, -0.25) is 4.79 Å². The molecule has 0 radical (unpaired) electrons. The summed E-state index contributed by atoms with van der Waals surface area (Å²) in [7, 11) is 0. The summed E-state index contributed by atoms with van der Waals surface area (Å²) in [6, 6.07) is 19.0. The molecular formula is C21H27NO. The second-order valence-electron chi connectivity index (χ2n) is 6.44. The van der Waals surface area contributed by atoms with E-state index in [0.29, 0.717) is 13.0 Å². The minimum absolute atomic E-state index is 0.224. The van der Waals surface area contributed by atoms with E-state index in [-0.39, 0.29) is 11.9 Å². The van der Waals surface area contributed by atoms with Crippen molar-refractivity contribution in [2.45, 2.75) is 52.6 Å². The topological polar surface area (TPSA) is 20.3 Å². The minimum atomic E-state index is 0.224. The lowest BCUT2D eigenvalue weighted by atomic mass is 10.1. The molecule has 0 aliphatic carbocycles. The first-order valence-corrected chi connectivity index (χ1v) is 8.45. The van der Waals surface area contributed by atoms with Crippen molar-refractivity contribution in [3.63, 3.8) is 0 Å². The third kappa shape index (κ3) is 5.55. The number of amides is 1. The summed E-state index contributed by atoms with van der Waals surface area (Å²) in [6.07, 6.45) is 2.47. The highest BCUT2D eigenvalue weighted by molar-refractivity contribution is 5.76. The molecule has 2 aromatic rings. The van der Waals surface area contributed by atoms with Gasteiger partial charge in [-0.2, -0.15) is 0 Å². The monoisotopic (exact) mass is 309 g/mol. The molecule has 0 bridgehead atoms. The van der Waals surface area contributed by atoms with Gasteiger partial charge in [-0.25, -0.2) is 0 Å². The van der Waals surface area contributed by atoms with E-state index in [1.807, 2.05) is 23.1 Å². The molecule has 0 spiro atoms. The van der Waals surface area contributed by atoms with Gasteiger partial charge in [0.2, 0.25) is 5.91 Å². The van der Waals surface area contributed by atoms with Crippen LogP contribution in [0, 0.1) is 6.92 Å². The van der Waals surface area contributed by atoms with Crippen molar-refractivity contribution < 1.29 is 4.79 Å². The number of nitrogens with zero attached hydrogens (tertiary/aromatic N) is 1. The van der Waals surface area contributed by atoms with Crippen LogP contribution < -0.4 is 0 Å². The predicted molar refractivity (Wildman–Crippen MR) is 96.2 cm³/mol. The van der Waals surface area contributed by atoms with Gasteiger partial charge in [0.05, 0.1) is 0 Å². The second-order valence-corrected chi connectivity index (χ2v) is 6.44. The van der Waals surface area contributed by atoms with Crippen molar-refractivity contribution in [1.29, 1.82) is 0 Å². The Hall–Kier alpha value is -2.09. The molecule has 2 rings (SSSR count). The number of benzene rings is 2. The average Bonchev–Trinajstić information content (AvgIpc) is 2.55. The first-order chi connectivity index (χ1) is 11.1. The Morgan fingerprint density at radius 3 is 2.22 bits per heavy atom. The fraction of sp³-hybridized carbons (Fsp3) is 0.381. The molecule has 0 heterocycles. The number of carbonyl (C=O) groups is 1. The Bertz CT molecular complexity index is 601. The first kappa shape index (κ1) is 17.3. The lowest BCUT2D eigenvalue weighted by Gasteiger charge is -2.27. The summed E-state index contributed by atoms with van der Waals surface area (Å²) in [6.45, 7) is 6.96. The van der Waals surface area contributed by atoms with E-state index in [9.17, 15) is 4.79 Å². The lowest BCUT2D eigenvalue weighted by molar-refractivity contribution is -0.133. The molecule has 0 N–H and O–H groups in total. The van der Waals surface area contributed by atoms with Gasteiger partial charge in [-0.05, 0) is 44.7 Å². The standard InChI is InChI=1S/C21H27NO/c1-17(2)22(16-20-8-5-4-6-9-20)21(23)11-7-10-19-14-12-18(3)13-15-19/h4-6,8-9,12-15,17H,7,10-11,16H2,1-3H3. The fourth-order valence-electron chi connectivity index (χ4n) is 2.68. The maximum absolute atomic E-state index is 12.6. The SMILES string of the molecule is Cc1ccc(CCCC(=O)N(Cc2ccccc2)C(C)C)cc1. The number of carbonyl (C=O) groups excluding carboxylic acids is 1. The van der Waals surface area contributed by atoms with Crippen LogP contribution in [0.2, 0.25) is 0 Å². The predicted octanol–water partition coefficient (Wildman–Crippen LogP) is 4.75. The largest absolute Gasteiger partial charge is 0.336 e. The van der Waals surface area contributed by atoms with Crippen molar-refractivity contribution in [3.8, 4) is 0 Å². The van der Waals surface area contributed by atoms with Crippen molar-refractivity contribution in [1.82, 2.24) is 4.90 Å². The summed E-state index contributed by atoms with van der Waals surface area (Å²) in [5, 5.41) is 0. The van der Waals surface area contributed by atoms with Crippen LogP contribution in [0.4, 0.5) is 0 Å². The molecule has 1 amide bonds. The molecule has 0 fully saturated rings. The highest BCUT2D eigenvalue weighted by atomic mass is 16.2. The highest BCUT2D eigenvalue weighted by Gasteiger charge is 2.16. The van der Waals surface area contributed by atoms with Crippen LogP contribution in [-0.4, -0.2) is 16.8 Å². The molecule has 122 valence electrons. The van der Waals surface area contributed by atoms with Gasteiger partial charge < -0.3 is 4.90 Å². The molecule has 0 unspecified atom stereocenters. The number of rotatable bonds is 7. The van der Waals surface area contributed by atoms with Gasteiger partial charge in [-0.1, -0.05) is 60.2 Å². The van der Waals surface area contributed by atoms with E-state index >= 15 is 0 Å². The molecule has 2 nitrogen and oxygen atoms in total. The summed E-state index contributed by atoms with van der Waals surface area (Å²) >= 11 is 0. The zero-order valence-electron chi connectivity index (χ0n) is 14.5. The third-order valence-electron chi connectivity index (χ3n) is 4.12. The smallest absolute Gasteiger partial charge is 0.223 e. The second kappa shape index (κ2) is 8.52. The summed E-state index contributed by atoms with van der Waals surface area (Å²) in [5.74, 6) is 0.246. The molecule has 0 aromatic heterocycles. The van der Waals surface area contributed by atoms with E-state index < -0.39 is 0 Å². The Kier molecular flexibility index (Phi) is 6.40. The van der Waals surface area contributed by atoms with Gasteiger partial charge in [0.15, 0.2) is 0 Å². The fourth-order valence-corrected chi connectivity index (χ4v) is 2.68. The van der Waals surface area contributed by atoms with Crippen molar-refractivity contribution >= 4 is 5.91 Å². The minimum Gasteiger partial charge on any atom is -0.336 e. The third-order valence-corrected chi connectivity index (χ3v) is 4.12. The van der Waals surface area contributed by atoms with Crippen LogP contribution in [-0.2, 0) is 17.8 Å². The zero-order valence-corrected chi connectivity index (χ0v) is 14.5. The van der Waals surface area contributed by atoms with Crippen LogP contribution in [0.15, 0.2) is 54.6 Å². The molecule has 0 atom stereocenters. The Morgan fingerprint density at radius 2 is 1.61 bits per heavy atom. The summed E-state index contributed by atoms with van der Waals surface area (Å²) in [5.41, 5.74) is 3.77. The van der Waals surface area contributed by atoms with Crippen LogP contribution in [0.1, 0.15) is 43.4 Å². The van der Waals surface area contributed by atoms with Crippen LogP contribution >= 0.6 is 0 Å². The van der Waals surface area contributed by atoms with Crippen molar-refractivity contribution in [2.24, 2.45) is 0 Å². The molecule has 2 heteroatoms. The number of hydrogen-bond donors (Lipinski definition) is 0. The molecule has 0 aliphatic rings. The maximum Gasteiger partial charge on any atom is 0.223 e. The number of aryl methyl sites for hydroxylation is 2. The Labute approximate surface area is 140 Å². The van der Waals surface area contributed by atoms with Gasteiger partial charge in [0.25, 0.3) is 0 Å². The first-order valence-electron chi connectivity index (χ1n) is 8.45. The van der Waals surface area contributed by atoms with E-state index in [4.69, 9.17) is 0 Å². The van der Waals surface area contributed by atoms with Gasteiger partial charge >= 0.3 is 0 Å². The highest BCUT2D eigenvalue weighted by Crippen LogP contribution is 2.13. The van der Waals surface area contributed by atoms with Gasteiger partial charge in [0, 0.05) is 19.0 Å². The zero-order chi connectivity index (χ0) is 16.7. The van der Waals surface area contributed by atoms with E-state index in [2.05, 4.69) is 57.2 Å². The maximum atomic E-state index is 12.6. The normalized spacial score (nSPS) is 10.8.